The highest BCUT2D eigenvalue weighted by Gasteiger charge is 2.16. The average molecular weight is 516 g/mol. The van der Waals surface area contributed by atoms with Crippen molar-refractivity contribution in [2.45, 2.75) is 32.1 Å². The van der Waals surface area contributed by atoms with E-state index in [1.165, 1.54) is 5.56 Å². The summed E-state index contributed by atoms with van der Waals surface area (Å²) in [7, 11) is 1.65. The molecule has 0 bridgehead atoms. The molecule has 0 fully saturated rings. The molecular weight excluding hydrogens is 486 g/mol. The first-order valence-corrected chi connectivity index (χ1v) is 12.7. The molecule has 0 saturated carbocycles. The monoisotopic (exact) mass is 515 g/mol. The van der Waals surface area contributed by atoms with E-state index >= 15 is 0 Å². The predicted octanol–water partition coefficient (Wildman–Crippen LogP) is 7.31. The van der Waals surface area contributed by atoms with Crippen molar-refractivity contribution in [2.75, 3.05) is 13.7 Å². The number of hydrogen-bond acceptors (Lipinski definition) is 3. The first kappa shape index (κ1) is 26.2. The number of amides is 1. The van der Waals surface area contributed by atoms with E-state index in [-0.39, 0.29) is 24.8 Å². The Morgan fingerprint density at radius 3 is 2.32 bits per heavy atom. The van der Waals surface area contributed by atoms with Crippen molar-refractivity contribution in [1.29, 1.82) is 0 Å². The van der Waals surface area contributed by atoms with Crippen LogP contribution in [0.2, 0.25) is 5.02 Å². The van der Waals surface area contributed by atoms with Crippen LogP contribution in [0.3, 0.4) is 0 Å². The van der Waals surface area contributed by atoms with Gasteiger partial charge in [0.2, 0.25) is 0 Å². The number of methoxy groups -OCH3 is 1. The summed E-state index contributed by atoms with van der Waals surface area (Å²) in [6.07, 6.45) is 1.91. The van der Waals surface area contributed by atoms with Gasteiger partial charge in [0.15, 0.2) is 0 Å². The summed E-state index contributed by atoms with van der Waals surface area (Å²) >= 11 is 6.14. The number of halogens is 1. The fraction of sp³-hybridized carbons (Fsp3) is 0.226. The van der Waals surface area contributed by atoms with Crippen molar-refractivity contribution >= 4 is 34.2 Å². The lowest BCUT2D eigenvalue weighted by atomic mass is 9.86. The number of rotatable bonds is 10. The maximum absolute atomic E-state index is 12.3. The number of ether oxygens (including phenoxy) is 1. The van der Waals surface area contributed by atoms with Gasteiger partial charge >= 0.3 is 5.97 Å². The summed E-state index contributed by atoms with van der Waals surface area (Å²) in [5, 5.41) is 14.3. The van der Waals surface area contributed by atoms with Crippen LogP contribution in [0.25, 0.3) is 21.9 Å². The van der Waals surface area contributed by atoms with Crippen LogP contribution in [0.15, 0.2) is 78.9 Å². The largest absolute Gasteiger partial charge is 0.496 e. The van der Waals surface area contributed by atoms with E-state index in [9.17, 15) is 9.59 Å². The number of benzene rings is 4. The number of carbonyl (C=O) groups is 2. The van der Waals surface area contributed by atoms with Gasteiger partial charge < -0.3 is 15.2 Å². The van der Waals surface area contributed by atoms with E-state index in [0.717, 1.165) is 46.1 Å². The third kappa shape index (κ3) is 6.30. The quantitative estimate of drug-likeness (QED) is 0.232. The van der Waals surface area contributed by atoms with Crippen molar-refractivity contribution in [2.24, 2.45) is 0 Å². The third-order valence-electron chi connectivity index (χ3n) is 6.52. The minimum absolute atomic E-state index is 0.0981. The molecule has 0 heterocycles. The normalized spacial score (nSPS) is 11.8. The molecule has 6 heteroatoms. The van der Waals surface area contributed by atoms with Crippen molar-refractivity contribution < 1.29 is 19.4 Å². The maximum Gasteiger partial charge on any atom is 0.305 e. The van der Waals surface area contributed by atoms with Crippen molar-refractivity contribution in [3.05, 3.63) is 101 Å². The van der Waals surface area contributed by atoms with Crippen LogP contribution in [0.5, 0.6) is 5.75 Å². The number of carboxylic acids is 1. The number of hydrogen-bond donors (Lipinski definition) is 2. The van der Waals surface area contributed by atoms with Gasteiger partial charge in [-0.1, -0.05) is 67.4 Å². The fourth-order valence-corrected chi connectivity index (χ4v) is 4.78. The molecule has 1 unspecified atom stereocenters. The summed E-state index contributed by atoms with van der Waals surface area (Å²) in [4.78, 5) is 23.0. The second-order valence-corrected chi connectivity index (χ2v) is 9.47. The average Bonchev–Trinajstić information content (AvgIpc) is 2.91. The molecule has 0 aliphatic heterocycles. The lowest BCUT2D eigenvalue weighted by Crippen LogP contribution is -2.25. The van der Waals surface area contributed by atoms with Gasteiger partial charge in [-0.25, -0.2) is 0 Å². The molecule has 0 spiro atoms. The van der Waals surface area contributed by atoms with Crippen LogP contribution >= 0.6 is 11.6 Å². The highest BCUT2D eigenvalue weighted by Crippen LogP contribution is 2.36. The van der Waals surface area contributed by atoms with Gasteiger partial charge in [0, 0.05) is 28.6 Å². The Morgan fingerprint density at radius 1 is 0.919 bits per heavy atom. The second kappa shape index (κ2) is 11.9. The summed E-state index contributed by atoms with van der Waals surface area (Å²) in [5.74, 6) is -0.256. The molecule has 0 aliphatic rings. The van der Waals surface area contributed by atoms with E-state index in [4.69, 9.17) is 21.4 Å². The summed E-state index contributed by atoms with van der Waals surface area (Å²) in [5.41, 5.74) is 4.95. The van der Waals surface area contributed by atoms with E-state index in [0.29, 0.717) is 10.6 Å². The molecule has 0 saturated heterocycles. The molecule has 2 N–H and O–H groups in total. The molecule has 1 atom stereocenters. The SMILES string of the molecule is CCCC(c1ccc(C(=O)NCCC(=O)O)cc1)c1ccc2cc(-c3ccc(Cl)cc3OC)ccc2c1. The zero-order valence-corrected chi connectivity index (χ0v) is 21.7. The van der Waals surface area contributed by atoms with E-state index in [1.54, 1.807) is 19.2 Å². The molecular formula is C31H30ClNO4. The number of aliphatic carboxylic acids is 1. The lowest BCUT2D eigenvalue weighted by Gasteiger charge is -2.19. The Balaban J connectivity index is 1.58. The van der Waals surface area contributed by atoms with Gasteiger partial charge in [0.25, 0.3) is 5.91 Å². The van der Waals surface area contributed by atoms with Gasteiger partial charge in [-0.05, 0) is 70.3 Å². The van der Waals surface area contributed by atoms with E-state index < -0.39 is 5.97 Å². The number of fused-ring (bicyclic) bond motifs is 1. The molecule has 0 aliphatic carbocycles. The Morgan fingerprint density at radius 2 is 1.62 bits per heavy atom. The lowest BCUT2D eigenvalue weighted by molar-refractivity contribution is -0.136. The molecule has 4 aromatic carbocycles. The fourth-order valence-electron chi connectivity index (χ4n) is 4.62. The first-order chi connectivity index (χ1) is 17.9. The van der Waals surface area contributed by atoms with Crippen molar-refractivity contribution in [3.63, 3.8) is 0 Å². The van der Waals surface area contributed by atoms with Gasteiger partial charge in [-0.15, -0.1) is 0 Å². The molecule has 5 nitrogen and oxygen atoms in total. The summed E-state index contributed by atoms with van der Waals surface area (Å²) in [6.45, 7) is 2.28. The van der Waals surface area contributed by atoms with Crippen molar-refractivity contribution in [1.82, 2.24) is 5.32 Å². The van der Waals surface area contributed by atoms with Crippen LogP contribution in [0.1, 0.15) is 53.6 Å². The molecule has 37 heavy (non-hydrogen) atoms. The zero-order valence-electron chi connectivity index (χ0n) is 21.0. The third-order valence-corrected chi connectivity index (χ3v) is 6.75. The molecule has 1 amide bonds. The van der Waals surface area contributed by atoms with Gasteiger partial charge in [-0.2, -0.15) is 0 Å². The molecule has 190 valence electrons. The van der Waals surface area contributed by atoms with E-state index in [2.05, 4.69) is 48.6 Å². The Kier molecular flexibility index (Phi) is 8.47. The first-order valence-electron chi connectivity index (χ1n) is 12.4. The minimum Gasteiger partial charge on any atom is -0.496 e. The topological polar surface area (TPSA) is 75.6 Å². The summed E-state index contributed by atoms with van der Waals surface area (Å²) in [6, 6.07) is 26.2. The van der Waals surface area contributed by atoms with Gasteiger partial charge in [-0.3, -0.25) is 9.59 Å². The smallest absolute Gasteiger partial charge is 0.305 e. The Labute approximate surface area is 222 Å². The van der Waals surface area contributed by atoms with Crippen LogP contribution in [-0.2, 0) is 4.79 Å². The van der Waals surface area contributed by atoms with Crippen LogP contribution < -0.4 is 10.1 Å². The molecule has 0 aromatic heterocycles. The maximum atomic E-state index is 12.3. The van der Waals surface area contributed by atoms with Gasteiger partial charge in [0.05, 0.1) is 13.5 Å². The number of carbonyl (C=O) groups excluding carboxylic acids is 1. The Hall–Kier alpha value is -3.83. The number of carboxylic acid groups (broad SMARTS) is 1. The van der Waals surface area contributed by atoms with Gasteiger partial charge in [0.1, 0.15) is 5.75 Å². The predicted molar refractivity (Wildman–Crippen MR) is 149 cm³/mol. The van der Waals surface area contributed by atoms with Crippen molar-refractivity contribution in [3.8, 4) is 16.9 Å². The van der Waals surface area contributed by atoms with Crippen LogP contribution in [0, 0.1) is 0 Å². The standard InChI is InChI=1S/C31H30ClNO4/c1-3-4-27(20-5-7-21(8-6-20)31(36)33-16-15-30(34)35)24-11-9-23-18-25(12-10-22(23)17-24)28-14-13-26(32)19-29(28)37-2/h5-14,17-19,27H,3-4,15-16H2,1-2H3,(H,33,36)(H,34,35). The minimum atomic E-state index is -0.936. The molecule has 4 aromatic rings. The highest BCUT2D eigenvalue weighted by molar-refractivity contribution is 6.30. The van der Waals surface area contributed by atoms with Crippen LogP contribution in [-0.4, -0.2) is 30.6 Å². The second-order valence-electron chi connectivity index (χ2n) is 9.03. The summed E-state index contributed by atoms with van der Waals surface area (Å²) < 4.78 is 5.54. The van der Waals surface area contributed by atoms with E-state index in [1.807, 2.05) is 30.3 Å². The molecule has 4 rings (SSSR count). The number of nitrogens with one attached hydrogen (secondary N) is 1. The van der Waals surface area contributed by atoms with Crippen LogP contribution in [0.4, 0.5) is 0 Å². The molecule has 0 radical (unpaired) electrons. The Bertz CT molecular complexity index is 1410. The highest BCUT2D eigenvalue weighted by atomic mass is 35.5. The zero-order chi connectivity index (χ0) is 26.4.